The van der Waals surface area contributed by atoms with Crippen molar-refractivity contribution in [3.63, 3.8) is 0 Å². The van der Waals surface area contributed by atoms with E-state index in [2.05, 4.69) is 37.3 Å². The zero-order valence-electron chi connectivity index (χ0n) is 15.8. The second kappa shape index (κ2) is 7.14. The molecule has 0 N–H and O–H groups in total. The first-order valence-corrected chi connectivity index (χ1v) is 9.94. The number of furan rings is 1. The highest BCUT2D eigenvalue weighted by atomic mass is 16.3. The van der Waals surface area contributed by atoms with E-state index in [1.54, 1.807) is 4.57 Å². The van der Waals surface area contributed by atoms with Gasteiger partial charge in [-0.3, -0.25) is 4.79 Å². The highest BCUT2D eigenvalue weighted by molar-refractivity contribution is 5.96. The second-order valence-electron chi connectivity index (χ2n) is 7.35. The molecule has 0 radical (unpaired) electrons. The van der Waals surface area contributed by atoms with E-state index in [4.69, 9.17) is 4.42 Å². The monoisotopic (exact) mass is 349 g/mol. The van der Waals surface area contributed by atoms with Gasteiger partial charge < -0.3 is 8.98 Å². The maximum Gasteiger partial charge on any atom is 0.262 e. The number of aromatic nitrogens is 1. The molecule has 0 amide bonds. The van der Waals surface area contributed by atoms with E-state index < -0.39 is 0 Å². The lowest BCUT2D eigenvalue weighted by Crippen LogP contribution is -2.43. The van der Waals surface area contributed by atoms with Crippen molar-refractivity contribution in [1.29, 1.82) is 0 Å². The average molecular weight is 349 g/mol. The molecule has 4 rings (SSSR count). The fraction of sp³-hybridized carbons (Fsp3) is 0.435. The fourth-order valence-electron chi connectivity index (χ4n) is 4.15. The van der Waals surface area contributed by atoms with Gasteiger partial charge in [-0.2, -0.15) is 0 Å². The molecule has 0 atom stereocenters. The molecular weight excluding hydrogens is 322 g/mol. The van der Waals surface area contributed by atoms with Crippen LogP contribution in [0.25, 0.3) is 28.5 Å². The first-order chi connectivity index (χ1) is 12.7. The molecule has 136 valence electrons. The molecular formula is C23H27NO2. The van der Waals surface area contributed by atoms with Gasteiger partial charge in [0, 0.05) is 35.0 Å². The molecule has 3 heteroatoms. The van der Waals surface area contributed by atoms with E-state index in [0.29, 0.717) is 0 Å². The number of pyridine rings is 1. The van der Waals surface area contributed by atoms with Crippen LogP contribution in [0.2, 0.25) is 0 Å². The highest BCUT2D eigenvalue weighted by Gasteiger charge is 2.22. The molecule has 0 spiro atoms. The number of aryl methyl sites for hydroxylation is 1. The third-order valence-electron chi connectivity index (χ3n) is 5.52. The quantitative estimate of drug-likeness (QED) is 0.766. The average Bonchev–Trinajstić information content (AvgIpc) is 3.07. The van der Waals surface area contributed by atoms with Crippen molar-refractivity contribution in [2.24, 2.45) is 7.05 Å². The summed E-state index contributed by atoms with van der Waals surface area (Å²) in [5.74, 6) is 1.76. The molecule has 2 aliphatic rings. The summed E-state index contributed by atoms with van der Waals surface area (Å²) < 4.78 is 8.19. The lowest BCUT2D eigenvalue weighted by molar-refractivity contribution is 0.492. The Morgan fingerprint density at radius 1 is 1.04 bits per heavy atom. The summed E-state index contributed by atoms with van der Waals surface area (Å²) >= 11 is 0. The van der Waals surface area contributed by atoms with Crippen molar-refractivity contribution < 1.29 is 4.42 Å². The van der Waals surface area contributed by atoms with Crippen LogP contribution in [0.1, 0.15) is 63.4 Å². The molecule has 2 aliphatic carbocycles. The molecule has 0 bridgehead atoms. The van der Waals surface area contributed by atoms with Crippen molar-refractivity contribution in [2.75, 3.05) is 0 Å². The molecule has 0 aromatic carbocycles. The van der Waals surface area contributed by atoms with Crippen molar-refractivity contribution in [1.82, 2.24) is 4.57 Å². The first kappa shape index (κ1) is 17.1. The molecule has 0 aliphatic heterocycles. The second-order valence-corrected chi connectivity index (χ2v) is 7.35. The van der Waals surface area contributed by atoms with Crippen LogP contribution < -0.4 is 16.1 Å². The predicted molar refractivity (Wildman–Crippen MR) is 108 cm³/mol. The highest BCUT2D eigenvalue weighted by Crippen LogP contribution is 2.31. The van der Waals surface area contributed by atoms with Gasteiger partial charge in [-0.15, -0.1) is 0 Å². The van der Waals surface area contributed by atoms with E-state index in [9.17, 15) is 4.79 Å². The minimum Gasteiger partial charge on any atom is -0.460 e. The molecule has 0 saturated carbocycles. The summed E-state index contributed by atoms with van der Waals surface area (Å²) in [5.41, 5.74) is 1.20. The smallest absolute Gasteiger partial charge is 0.262 e. The van der Waals surface area contributed by atoms with Crippen LogP contribution in [0, 0.1) is 0 Å². The van der Waals surface area contributed by atoms with Gasteiger partial charge in [-0.05, 0) is 32.1 Å². The number of rotatable bonds is 5. The maximum absolute atomic E-state index is 13.2. The number of fused-ring (bicyclic) bond motifs is 3. The molecule has 26 heavy (non-hydrogen) atoms. The molecule has 3 nitrogen and oxygen atoms in total. The lowest BCUT2D eigenvalue weighted by atomic mass is 9.99. The maximum atomic E-state index is 13.2. The van der Waals surface area contributed by atoms with Gasteiger partial charge in [0.2, 0.25) is 0 Å². The van der Waals surface area contributed by atoms with Gasteiger partial charge >= 0.3 is 0 Å². The number of allylic oxidation sites excluding steroid dienone is 4. The summed E-state index contributed by atoms with van der Waals surface area (Å²) in [6, 6.07) is 0. The van der Waals surface area contributed by atoms with E-state index in [0.717, 1.165) is 84.6 Å². The topological polar surface area (TPSA) is 35.1 Å². The van der Waals surface area contributed by atoms with Gasteiger partial charge in [0.1, 0.15) is 11.5 Å². The molecule has 0 fully saturated rings. The minimum absolute atomic E-state index is 0.0761. The molecule has 0 saturated heterocycles. The van der Waals surface area contributed by atoms with Gasteiger partial charge in [-0.25, -0.2) is 0 Å². The van der Waals surface area contributed by atoms with Crippen molar-refractivity contribution in [3.05, 3.63) is 50.7 Å². The summed E-state index contributed by atoms with van der Waals surface area (Å²) in [6.07, 6.45) is 19.4. The van der Waals surface area contributed by atoms with E-state index >= 15 is 0 Å². The van der Waals surface area contributed by atoms with Gasteiger partial charge in [0.05, 0.1) is 5.39 Å². The molecule has 2 aromatic rings. The van der Waals surface area contributed by atoms with Gasteiger partial charge in [0.25, 0.3) is 5.56 Å². The Hall–Kier alpha value is -2.29. The SMILES string of the molecule is CCCCCc1oc(C2=CCCC=C2)c2c3c(n(C)c(=O)c12)=CCCC=3. The van der Waals surface area contributed by atoms with E-state index in [-0.39, 0.29) is 5.56 Å². The normalized spacial score (nSPS) is 16.2. The van der Waals surface area contributed by atoms with Crippen LogP contribution in [0.5, 0.6) is 0 Å². The number of hydrogen-bond acceptors (Lipinski definition) is 2. The van der Waals surface area contributed by atoms with Crippen LogP contribution in [0.3, 0.4) is 0 Å². The van der Waals surface area contributed by atoms with Crippen molar-refractivity contribution in [3.8, 4) is 0 Å². The Labute approximate surface area is 154 Å². The fourth-order valence-corrected chi connectivity index (χ4v) is 4.15. The Bertz CT molecular complexity index is 1080. The van der Waals surface area contributed by atoms with Gasteiger partial charge in [0.15, 0.2) is 0 Å². The van der Waals surface area contributed by atoms with Crippen LogP contribution in [-0.2, 0) is 13.5 Å². The zero-order valence-corrected chi connectivity index (χ0v) is 15.8. The Morgan fingerprint density at radius 3 is 2.62 bits per heavy atom. The lowest BCUT2D eigenvalue weighted by Gasteiger charge is -2.09. The summed E-state index contributed by atoms with van der Waals surface area (Å²) in [7, 11) is 1.89. The van der Waals surface area contributed by atoms with Crippen LogP contribution in [0.4, 0.5) is 0 Å². The first-order valence-electron chi connectivity index (χ1n) is 9.94. The number of hydrogen-bond donors (Lipinski definition) is 0. The third-order valence-corrected chi connectivity index (χ3v) is 5.52. The largest absolute Gasteiger partial charge is 0.460 e. The van der Waals surface area contributed by atoms with Crippen molar-refractivity contribution >= 4 is 28.5 Å². The van der Waals surface area contributed by atoms with E-state index in [1.807, 2.05) is 7.05 Å². The van der Waals surface area contributed by atoms with E-state index in [1.165, 1.54) is 5.22 Å². The molecule has 2 aromatic heterocycles. The number of unbranched alkanes of at least 4 members (excludes halogenated alkanes) is 2. The third kappa shape index (κ3) is 2.80. The Kier molecular flexibility index (Phi) is 4.71. The Morgan fingerprint density at radius 2 is 1.85 bits per heavy atom. The Balaban J connectivity index is 2.05. The predicted octanol–water partition coefficient (Wildman–Crippen LogP) is 3.95. The van der Waals surface area contributed by atoms with Crippen LogP contribution >= 0.6 is 0 Å². The van der Waals surface area contributed by atoms with Crippen LogP contribution in [0.15, 0.2) is 27.4 Å². The van der Waals surface area contributed by atoms with Gasteiger partial charge in [-0.1, -0.05) is 50.1 Å². The summed E-state index contributed by atoms with van der Waals surface area (Å²) in [6.45, 7) is 2.20. The van der Waals surface area contributed by atoms with Crippen LogP contribution in [-0.4, -0.2) is 4.57 Å². The zero-order chi connectivity index (χ0) is 18.1. The summed E-state index contributed by atoms with van der Waals surface area (Å²) in [5, 5.41) is 4.04. The van der Waals surface area contributed by atoms with Crippen molar-refractivity contribution in [2.45, 2.75) is 58.3 Å². The number of nitrogens with zero attached hydrogens (tertiary/aromatic N) is 1. The minimum atomic E-state index is 0.0761. The molecule has 0 unspecified atom stereocenters. The molecule has 2 heterocycles. The standard InChI is InChI=1S/C23H27NO2/c1-3-4-6-15-19-21-20(22(26-19)16-11-7-5-8-12-16)17-13-9-10-14-18(17)24(2)23(21)25/h7,11-14H,3-6,8-10,15H2,1-2H3. The summed E-state index contributed by atoms with van der Waals surface area (Å²) in [4.78, 5) is 13.2.